The minimum atomic E-state index is -0.617. The summed E-state index contributed by atoms with van der Waals surface area (Å²) in [6.07, 6.45) is 3.61. The highest BCUT2D eigenvalue weighted by atomic mass is 16.5. The van der Waals surface area contributed by atoms with Crippen molar-refractivity contribution in [3.8, 4) is 0 Å². The van der Waals surface area contributed by atoms with Gasteiger partial charge in [-0.2, -0.15) is 0 Å². The molecule has 0 aromatic carbocycles. The van der Waals surface area contributed by atoms with E-state index in [0.29, 0.717) is 13.0 Å². The van der Waals surface area contributed by atoms with Gasteiger partial charge in [0.25, 0.3) is 5.91 Å². The number of rotatable bonds is 4. The molecule has 1 aliphatic rings. The highest BCUT2D eigenvalue weighted by Crippen LogP contribution is 2.17. The van der Waals surface area contributed by atoms with Crippen molar-refractivity contribution >= 4 is 17.8 Å². The molecule has 0 spiro atoms. The van der Waals surface area contributed by atoms with Crippen LogP contribution >= 0.6 is 0 Å². The summed E-state index contributed by atoms with van der Waals surface area (Å²) in [5.41, 5.74) is 6.37. The van der Waals surface area contributed by atoms with Gasteiger partial charge in [0.1, 0.15) is 6.04 Å². The first-order chi connectivity index (χ1) is 10.5. The Bertz CT molecular complexity index is 571. The average molecular weight is 305 g/mol. The number of carbonyl (C=O) groups excluding carboxylic acids is 3. The zero-order chi connectivity index (χ0) is 16.1. The van der Waals surface area contributed by atoms with E-state index < -0.39 is 30.4 Å². The molecular weight excluding hydrogens is 286 g/mol. The van der Waals surface area contributed by atoms with Crippen LogP contribution in [0.4, 0.5) is 0 Å². The van der Waals surface area contributed by atoms with Crippen LogP contribution in [0, 0.1) is 6.92 Å². The van der Waals surface area contributed by atoms with E-state index in [2.05, 4.69) is 4.98 Å². The fourth-order valence-electron chi connectivity index (χ4n) is 2.41. The van der Waals surface area contributed by atoms with Gasteiger partial charge in [-0.25, -0.2) is 4.79 Å². The number of pyridine rings is 1. The van der Waals surface area contributed by atoms with Crippen molar-refractivity contribution in [1.29, 1.82) is 0 Å². The van der Waals surface area contributed by atoms with Crippen molar-refractivity contribution in [2.24, 2.45) is 5.73 Å². The Kier molecular flexibility index (Phi) is 5.08. The number of hydrogen-bond donors (Lipinski definition) is 1. The van der Waals surface area contributed by atoms with Gasteiger partial charge in [-0.15, -0.1) is 0 Å². The van der Waals surface area contributed by atoms with Crippen LogP contribution in [0.3, 0.4) is 0 Å². The third-order valence-corrected chi connectivity index (χ3v) is 3.63. The molecule has 1 fully saturated rings. The Labute approximate surface area is 128 Å². The molecule has 1 saturated heterocycles. The zero-order valence-electron chi connectivity index (χ0n) is 12.4. The lowest BCUT2D eigenvalue weighted by Gasteiger charge is -2.33. The van der Waals surface area contributed by atoms with Crippen molar-refractivity contribution in [3.05, 3.63) is 29.6 Å². The van der Waals surface area contributed by atoms with Crippen molar-refractivity contribution in [3.63, 3.8) is 0 Å². The van der Waals surface area contributed by atoms with Gasteiger partial charge in [0.15, 0.2) is 6.61 Å². The number of nitrogens with zero attached hydrogens (tertiary/aromatic N) is 2. The maximum atomic E-state index is 12.1. The van der Waals surface area contributed by atoms with Crippen LogP contribution in [-0.2, 0) is 14.3 Å². The number of aromatic nitrogens is 1. The SMILES string of the molecule is Cc1ccc(C(=O)OCC(=O)N2CCCC[C@@H]2C(N)=O)cn1. The molecule has 22 heavy (non-hydrogen) atoms. The molecule has 2 rings (SSSR count). The molecule has 0 bridgehead atoms. The van der Waals surface area contributed by atoms with Gasteiger partial charge < -0.3 is 15.4 Å². The van der Waals surface area contributed by atoms with Crippen LogP contribution < -0.4 is 5.73 Å². The van der Waals surface area contributed by atoms with Crippen LogP contribution in [0.2, 0.25) is 0 Å². The fraction of sp³-hybridized carbons (Fsp3) is 0.467. The summed E-state index contributed by atoms with van der Waals surface area (Å²) >= 11 is 0. The van der Waals surface area contributed by atoms with Crippen LogP contribution in [0.25, 0.3) is 0 Å². The Morgan fingerprint density at radius 1 is 1.36 bits per heavy atom. The van der Waals surface area contributed by atoms with Crippen LogP contribution in [0.15, 0.2) is 18.3 Å². The second-order valence-corrected chi connectivity index (χ2v) is 5.27. The van der Waals surface area contributed by atoms with Gasteiger partial charge in [0, 0.05) is 18.4 Å². The van der Waals surface area contributed by atoms with E-state index in [1.165, 1.54) is 11.1 Å². The minimum absolute atomic E-state index is 0.281. The van der Waals surface area contributed by atoms with Gasteiger partial charge in [0.05, 0.1) is 5.56 Å². The number of amides is 2. The highest BCUT2D eigenvalue weighted by Gasteiger charge is 2.31. The van der Waals surface area contributed by atoms with E-state index in [0.717, 1.165) is 18.5 Å². The normalized spacial score (nSPS) is 17.9. The number of esters is 1. The molecule has 2 heterocycles. The summed E-state index contributed by atoms with van der Waals surface area (Å²) in [5.74, 6) is -1.55. The number of piperidine rings is 1. The molecule has 1 aliphatic heterocycles. The number of ether oxygens (including phenoxy) is 1. The van der Waals surface area contributed by atoms with E-state index in [1.54, 1.807) is 19.1 Å². The van der Waals surface area contributed by atoms with E-state index in [-0.39, 0.29) is 5.56 Å². The number of primary amides is 1. The molecule has 0 saturated carbocycles. The van der Waals surface area contributed by atoms with Gasteiger partial charge in [-0.05, 0) is 38.3 Å². The lowest BCUT2D eigenvalue weighted by Crippen LogP contribution is -2.51. The largest absolute Gasteiger partial charge is 0.452 e. The number of nitrogens with two attached hydrogens (primary N) is 1. The maximum Gasteiger partial charge on any atom is 0.340 e. The van der Waals surface area contributed by atoms with Gasteiger partial charge in [-0.3, -0.25) is 14.6 Å². The monoisotopic (exact) mass is 305 g/mol. The van der Waals surface area contributed by atoms with E-state index in [1.807, 2.05) is 0 Å². The van der Waals surface area contributed by atoms with Crippen molar-refractivity contribution in [2.45, 2.75) is 32.2 Å². The quantitative estimate of drug-likeness (QED) is 0.812. The summed E-state index contributed by atoms with van der Waals surface area (Å²) in [6, 6.07) is 2.66. The minimum Gasteiger partial charge on any atom is -0.452 e. The molecule has 2 N–H and O–H groups in total. The van der Waals surface area contributed by atoms with Crippen molar-refractivity contribution in [2.75, 3.05) is 13.2 Å². The molecule has 1 aromatic heterocycles. The first-order valence-electron chi connectivity index (χ1n) is 7.17. The number of hydrogen-bond acceptors (Lipinski definition) is 5. The Morgan fingerprint density at radius 3 is 2.77 bits per heavy atom. The van der Waals surface area contributed by atoms with Crippen LogP contribution in [-0.4, -0.2) is 46.9 Å². The van der Waals surface area contributed by atoms with E-state index >= 15 is 0 Å². The lowest BCUT2D eigenvalue weighted by atomic mass is 10.0. The molecule has 0 aliphatic carbocycles. The molecule has 2 amide bonds. The first kappa shape index (κ1) is 15.9. The lowest BCUT2D eigenvalue weighted by molar-refractivity contribution is -0.143. The molecule has 7 heteroatoms. The number of carbonyl (C=O) groups is 3. The third kappa shape index (κ3) is 3.81. The molecule has 1 atom stereocenters. The molecule has 1 aromatic rings. The Morgan fingerprint density at radius 2 is 2.14 bits per heavy atom. The van der Waals surface area contributed by atoms with Gasteiger partial charge in [0.2, 0.25) is 5.91 Å². The Balaban J connectivity index is 1.92. The van der Waals surface area contributed by atoms with Crippen molar-refractivity contribution in [1.82, 2.24) is 9.88 Å². The fourth-order valence-corrected chi connectivity index (χ4v) is 2.41. The standard InChI is InChI=1S/C15H19N3O4/c1-10-5-6-11(8-17-10)15(21)22-9-13(19)18-7-3-2-4-12(18)14(16)20/h5-6,8,12H,2-4,7,9H2,1H3,(H2,16,20)/t12-/m1/s1. The highest BCUT2D eigenvalue weighted by molar-refractivity contribution is 5.92. The van der Waals surface area contributed by atoms with Crippen molar-refractivity contribution < 1.29 is 19.1 Å². The summed E-state index contributed by atoms with van der Waals surface area (Å²) in [7, 11) is 0. The number of aryl methyl sites for hydroxylation is 1. The molecule has 0 radical (unpaired) electrons. The second kappa shape index (κ2) is 7.02. The van der Waals surface area contributed by atoms with Gasteiger partial charge >= 0.3 is 5.97 Å². The summed E-state index contributed by atoms with van der Waals surface area (Å²) in [5, 5.41) is 0. The average Bonchev–Trinajstić information content (AvgIpc) is 2.53. The van der Waals surface area contributed by atoms with Gasteiger partial charge in [-0.1, -0.05) is 0 Å². The van der Waals surface area contributed by atoms with Crippen LogP contribution in [0.5, 0.6) is 0 Å². The summed E-state index contributed by atoms with van der Waals surface area (Å²) in [6.45, 7) is 1.85. The predicted octanol–water partition coefficient (Wildman–Crippen LogP) is 0.413. The molecular formula is C15H19N3O4. The smallest absolute Gasteiger partial charge is 0.340 e. The molecule has 118 valence electrons. The summed E-state index contributed by atoms with van der Waals surface area (Å²) in [4.78, 5) is 40.7. The van der Waals surface area contributed by atoms with E-state index in [4.69, 9.17) is 10.5 Å². The Hall–Kier alpha value is -2.44. The predicted molar refractivity (Wildman–Crippen MR) is 77.8 cm³/mol. The molecule has 7 nitrogen and oxygen atoms in total. The molecule has 0 unspecified atom stereocenters. The number of likely N-dealkylation sites (tertiary alicyclic amines) is 1. The first-order valence-corrected chi connectivity index (χ1v) is 7.17. The topological polar surface area (TPSA) is 103 Å². The zero-order valence-corrected chi connectivity index (χ0v) is 12.4. The second-order valence-electron chi connectivity index (χ2n) is 5.27. The third-order valence-electron chi connectivity index (χ3n) is 3.63. The van der Waals surface area contributed by atoms with Crippen LogP contribution in [0.1, 0.15) is 35.3 Å². The maximum absolute atomic E-state index is 12.1. The summed E-state index contributed by atoms with van der Waals surface area (Å²) < 4.78 is 4.99. The van der Waals surface area contributed by atoms with E-state index in [9.17, 15) is 14.4 Å².